The van der Waals surface area contributed by atoms with Gasteiger partial charge in [-0.2, -0.15) is 0 Å². The van der Waals surface area contributed by atoms with Crippen LogP contribution in [0.25, 0.3) is 0 Å². The van der Waals surface area contributed by atoms with Gasteiger partial charge in [0.05, 0.1) is 21.8 Å². The SMILES string of the molecule is CN(C(=O)c1cccs1)c1ccccc1C(=O)Nc1cccc(OCc2ccccn2)c1. The van der Waals surface area contributed by atoms with Crippen molar-refractivity contribution in [3.63, 3.8) is 0 Å². The van der Waals surface area contributed by atoms with E-state index in [1.54, 1.807) is 55.7 Å². The molecule has 7 heteroatoms. The van der Waals surface area contributed by atoms with Crippen LogP contribution in [0.4, 0.5) is 11.4 Å². The summed E-state index contributed by atoms with van der Waals surface area (Å²) in [5, 5.41) is 4.75. The van der Waals surface area contributed by atoms with E-state index in [1.165, 1.54) is 16.2 Å². The summed E-state index contributed by atoms with van der Waals surface area (Å²) in [5.74, 6) is 0.144. The molecule has 4 aromatic rings. The Labute approximate surface area is 190 Å². The number of hydrogen-bond donors (Lipinski definition) is 1. The van der Waals surface area contributed by atoms with Crippen molar-refractivity contribution < 1.29 is 14.3 Å². The molecule has 1 N–H and O–H groups in total. The number of nitrogens with one attached hydrogen (secondary N) is 1. The standard InChI is InChI=1S/C25H21N3O3S/c1-28(25(30)23-13-7-15-32-23)22-12-3-2-11-21(22)24(29)27-18-9-6-10-20(16-18)31-17-19-8-4-5-14-26-19/h2-16H,17H2,1H3,(H,27,29). The maximum atomic E-state index is 13.0. The van der Waals surface area contributed by atoms with E-state index in [1.807, 2.05) is 41.8 Å². The molecule has 0 aliphatic rings. The quantitative estimate of drug-likeness (QED) is 0.423. The van der Waals surface area contributed by atoms with Crippen LogP contribution in [0.15, 0.2) is 90.4 Å². The van der Waals surface area contributed by atoms with Crippen molar-refractivity contribution in [3.8, 4) is 5.75 Å². The molecule has 0 saturated heterocycles. The molecule has 6 nitrogen and oxygen atoms in total. The molecular formula is C25H21N3O3S. The number of nitrogens with zero attached hydrogens (tertiary/aromatic N) is 2. The Bertz CT molecular complexity index is 1210. The number of benzene rings is 2. The molecule has 2 heterocycles. The predicted octanol–water partition coefficient (Wildman–Crippen LogP) is 5.25. The van der Waals surface area contributed by atoms with Gasteiger partial charge in [0, 0.05) is 25.0 Å². The molecule has 0 aliphatic carbocycles. The molecule has 32 heavy (non-hydrogen) atoms. The maximum absolute atomic E-state index is 13.0. The van der Waals surface area contributed by atoms with Crippen LogP contribution in [0.5, 0.6) is 5.75 Å². The van der Waals surface area contributed by atoms with E-state index >= 15 is 0 Å². The summed E-state index contributed by atoms with van der Waals surface area (Å²) in [6.07, 6.45) is 1.72. The highest BCUT2D eigenvalue weighted by molar-refractivity contribution is 7.12. The topological polar surface area (TPSA) is 71.5 Å². The summed E-state index contributed by atoms with van der Waals surface area (Å²) in [6.45, 7) is 0.330. The highest BCUT2D eigenvalue weighted by Gasteiger charge is 2.20. The normalized spacial score (nSPS) is 10.4. The Morgan fingerprint density at radius 3 is 2.62 bits per heavy atom. The Kier molecular flexibility index (Phi) is 6.57. The number of carbonyl (C=O) groups excluding carboxylic acids is 2. The minimum absolute atomic E-state index is 0.162. The minimum atomic E-state index is -0.312. The lowest BCUT2D eigenvalue weighted by atomic mass is 10.1. The number of ether oxygens (including phenoxy) is 1. The fourth-order valence-corrected chi connectivity index (χ4v) is 3.83. The van der Waals surface area contributed by atoms with Gasteiger partial charge >= 0.3 is 0 Å². The third-order valence-corrected chi connectivity index (χ3v) is 5.61. The fraction of sp³-hybridized carbons (Fsp3) is 0.0800. The molecule has 0 unspecified atom stereocenters. The third kappa shape index (κ3) is 5.01. The van der Waals surface area contributed by atoms with Crippen LogP contribution in [-0.2, 0) is 6.61 Å². The number of carbonyl (C=O) groups is 2. The molecule has 0 spiro atoms. The lowest BCUT2D eigenvalue weighted by Crippen LogP contribution is -2.28. The van der Waals surface area contributed by atoms with Gasteiger partial charge in [0.25, 0.3) is 11.8 Å². The van der Waals surface area contributed by atoms with Gasteiger partial charge in [-0.05, 0) is 47.8 Å². The van der Waals surface area contributed by atoms with Gasteiger partial charge in [0.1, 0.15) is 12.4 Å². The number of thiophene rings is 1. The van der Waals surface area contributed by atoms with Crippen LogP contribution >= 0.6 is 11.3 Å². The zero-order chi connectivity index (χ0) is 22.3. The predicted molar refractivity (Wildman–Crippen MR) is 126 cm³/mol. The molecule has 0 fully saturated rings. The first kappa shape index (κ1) is 21.3. The molecule has 0 aliphatic heterocycles. The number of rotatable bonds is 7. The van der Waals surface area contributed by atoms with E-state index in [0.29, 0.717) is 34.2 Å². The fourth-order valence-electron chi connectivity index (χ4n) is 3.14. The number of pyridine rings is 1. The summed E-state index contributed by atoms with van der Waals surface area (Å²) in [4.78, 5) is 32.1. The molecule has 2 aromatic carbocycles. The van der Waals surface area contributed by atoms with E-state index < -0.39 is 0 Å². The van der Waals surface area contributed by atoms with Gasteiger partial charge in [0.15, 0.2) is 0 Å². The monoisotopic (exact) mass is 443 g/mol. The van der Waals surface area contributed by atoms with Gasteiger partial charge in [0.2, 0.25) is 0 Å². The lowest BCUT2D eigenvalue weighted by Gasteiger charge is -2.20. The number of hydrogen-bond acceptors (Lipinski definition) is 5. The summed E-state index contributed by atoms with van der Waals surface area (Å²) in [7, 11) is 1.67. The van der Waals surface area contributed by atoms with Crippen LogP contribution in [-0.4, -0.2) is 23.8 Å². The molecule has 4 rings (SSSR count). The number of amides is 2. The van der Waals surface area contributed by atoms with Gasteiger partial charge < -0.3 is 15.0 Å². The Hall–Kier alpha value is -3.97. The molecule has 0 saturated carbocycles. The summed E-state index contributed by atoms with van der Waals surface area (Å²) in [5.41, 5.74) is 2.34. The van der Waals surface area contributed by atoms with E-state index in [9.17, 15) is 9.59 Å². The largest absolute Gasteiger partial charge is 0.487 e. The first-order valence-electron chi connectivity index (χ1n) is 9.96. The van der Waals surface area contributed by atoms with Crippen molar-refractivity contribution in [2.75, 3.05) is 17.3 Å². The second-order valence-corrected chi connectivity index (χ2v) is 7.90. The Morgan fingerprint density at radius 1 is 1.00 bits per heavy atom. The van der Waals surface area contributed by atoms with E-state index in [4.69, 9.17) is 4.74 Å². The lowest BCUT2D eigenvalue weighted by molar-refractivity contribution is 0.0996. The average molecular weight is 444 g/mol. The summed E-state index contributed by atoms with van der Waals surface area (Å²) in [6, 6.07) is 23.4. The minimum Gasteiger partial charge on any atom is -0.487 e. The van der Waals surface area contributed by atoms with E-state index in [-0.39, 0.29) is 11.8 Å². The van der Waals surface area contributed by atoms with Crippen molar-refractivity contribution >= 4 is 34.5 Å². The molecular weight excluding hydrogens is 422 g/mol. The Balaban J connectivity index is 1.48. The molecule has 2 aromatic heterocycles. The molecule has 2 amide bonds. The zero-order valence-corrected chi connectivity index (χ0v) is 18.2. The van der Waals surface area contributed by atoms with Crippen molar-refractivity contribution in [2.45, 2.75) is 6.61 Å². The number of aromatic nitrogens is 1. The van der Waals surface area contributed by atoms with Crippen LogP contribution in [0, 0.1) is 0 Å². The van der Waals surface area contributed by atoms with Crippen LogP contribution in [0.1, 0.15) is 25.7 Å². The van der Waals surface area contributed by atoms with Crippen molar-refractivity contribution in [2.24, 2.45) is 0 Å². The second kappa shape index (κ2) is 9.89. The van der Waals surface area contributed by atoms with Crippen LogP contribution in [0.2, 0.25) is 0 Å². The zero-order valence-electron chi connectivity index (χ0n) is 17.4. The highest BCUT2D eigenvalue weighted by atomic mass is 32.1. The highest BCUT2D eigenvalue weighted by Crippen LogP contribution is 2.25. The number of para-hydroxylation sites is 1. The smallest absolute Gasteiger partial charge is 0.268 e. The summed E-state index contributed by atoms with van der Waals surface area (Å²) >= 11 is 1.37. The molecule has 0 bridgehead atoms. The summed E-state index contributed by atoms with van der Waals surface area (Å²) < 4.78 is 5.79. The van der Waals surface area contributed by atoms with E-state index in [2.05, 4.69) is 10.3 Å². The van der Waals surface area contributed by atoms with Gasteiger partial charge in [-0.25, -0.2) is 0 Å². The van der Waals surface area contributed by atoms with E-state index in [0.717, 1.165) is 5.69 Å². The molecule has 160 valence electrons. The van der Waals surface area contributed by atoms with Crippen LogP contribution < -0.4 is 15.0 Å². The second-order valence-electron chi connectivity index (χ2n) is 6.95. The van der Waals surface area contributed by atoms with Crippen molar-refractivity contribution in [1.29, 1.82) is 0 Å². The van der Waals surface area contributed by atoms with Crippen LogP contribution in [0.3, 0.4) is 0 Å². The number of anilines is 2. The average Bonchev–Trinajstić information content (AvgIpc) is 3.38. The third-order valence-electron chi connectivity index (χ3n) is 4.75. The van der Waals surface area contributed by atoms with Crippen molar-refractivity contribution in [3.05, 3.63) is 107 Å². The molecule has 0 atom stereocenters. The van der Waals surface area contributed by atoms with Gasteiger partial charge in [-0.1, -0.05) is 30.3 Å². The van der Waals surface area contributed by atoms with Gasteiger partial charge in [-0.3, -0.25) is 14.6 Å². The molecule has 0 radical (unpaired) electrons. The maximum Gasteiger partial charge on any atom is 0.268 e. The van der Waals surface area contributed by atoms with Crippen molar-refractivity contribution in [1.82, 2.24) is 4.98 Å². The van der Waals surface area contributed by atoms with Gasteiger partial charge in [-0.15, -0.1) is 11.3 Å². The Morgan fingerprint density at radius 2 is 1.84 bits per heavy atom. The first-order valence-corrected chi connectivity index (χ1v) is 10.8. The first-order chi connectivity index (χ1) is 15.6.